The van der Waals surface area contributed by atoms with Crippen molar-refractivity contribution in [2.75, 3.05) is 114 Å². The van der Waals surface area contributed by atoms with E-state index < -0.39 is 34.9 Å². The summed E-state index contributed by atoms with van der Waals surface area (Å²) < 4.78 is 98.6. The van der Waals surface area contributed by atoms with Crippen molar-refractivity contribution in [1.29, 1.82) is 0 Å². The number of ketones is 2. The van der Waals surface area contributed by atoms with E-state index in [4.69, 9.17) is 21.1 Å². The van der Waals surface area contributed by atoms with E-state index in [0.29, 0.717) is 118 Å². The van der Waals surface area contributed by atoms with Crippen LogP contribution in [-0.2, 0) is 59.9 Å². The molecule has 0 atom stereocenters. The highest BCUT2D eigenvalue weighted by Gasteiger charge is 2.52. The molecule has 1 saturated carbocycles. The number of halogens is 7. The molecule has 8 aliphatic heterocycles. The number of alkyl halides is 6. The van der Waals surface area contributed by atoms with Gasteiger partial charge in [0.2, 0.25) is 5.88 Å². The van der Waals surface area contributed by atoms with Crippen molar-refractivity contribution >= 4 is 46.8 Å². The molecule has 0 N–H and O–H groups in total. The predicted octanol–water partition coefficient (Wildman–Crippen LogP) is 18.2. The van der Waals surface area contributed by atoms with E-state index in [1.807, 2.05) is 109 Å². The highest BCUT2D eigenvalue weighted by molar-refractivity contribution is 6.29. The van der Waals surface area contributed by atoms with E-state index >= 15 is 0 Å². The molecule has 0 radical (unpaired) electrons. The van der Waals surface area contributed by atoms with Crippen LogP contribution in [0.4, 0.5) is 26.3 Å². The van der Waals surface area contributed by atoms with E-state index in [1.165, 1.54) is 62.2 Å². The fourth-order valence-corrected chi connectivity index (χ4v) is 21.5. The lowest BCUT2D eigenvalue weighted by molar-refractivity contribution is -0.144. The Morgan fingerprint density at radius 1 is 0.442 bits per heavy atom. The Morgan fingerprint density at radius 3 is 1.35 bits per heavy atom. The number of amides is 4. The molecule has 13 heterocycles. The van der Waals surface area contributed by atoms with Crippen molar-refractivity contribution in [2.24, 2.45) is 0 Å². The van der Waals surface area contributed by atoms with Crippen molar-refractivity contribution < 1.29 is 64.6 Å². The van der Waals surface area contributed by atoms with Crippen LogP contribution in [0.3, 0.4) is 0 Å². The normalized spacial score (nSPS) is 18.9. The third-order valence-electron chi connectivity index (χ3n) is 29.0. The first-order chi connectivity index (χ1) is 61.6. The van der Waals surface area contributed by atoms with E-state index in [9.17, 15) is 55.1 Å². The Morgan fingerprint density at radius 2 is 0.868 bits per heavy atom. The average molecular weight is 1790 g/mol. The third kappa shape index (κ3) is 17.7. The van der Waals surface area contributed by atoms with Crippen molar-refractivity contribution in [3.05, 3.63) is 272 Å². The van der Waals surface area contributed by atoms with Crippen LogP contribution in [0, 0.1) is 6.92 Å². The van der Waals surface area contributed by atoms with Gasteiger partial charge in [0.1, 0.15) is 27.9 Å². The number of methoxy groups -OCH3 is 1. The summed E-state index contributed by atoms with van der Waals surface area (Å²) in [6.45, 7) is 20.1. The summed E-state index contributed by atoms with van der Waals surface area (Å²) in [6.07, 6.45) is 0.713. The van der Waals surface area contributed by atoms with Gasteiger partial charge in [-0.15, -0.1) is 0 Å². The second kappa shape index (κ2) is 36.3. The number of benzene rings is 5. The number of aromatic nitrogens is 5. The zero-order chi connectivity index (χ0) is 91.4. The minimum absolute atomic E-state index is 0.0325. The van der Waals surface area contributed by atoms with Crippen LogP contribution in [0.1, 0.15) is 205 Å². The number of ether oxygens (including phenoxy) is 2. The number of Topliss-reactive ketones (excluding diaryl/α,β-unsaturated/α-hetero) is 2. The van der Waals surface area contributed by atoms with Crippen molar-refractivity contribution in [1.82, 2.24) is 62.5 Å². The molecule has 28 heteroatoms. The highest BCUT2D eigenvalue weighted by Crippen LogP contribution is 2.49. The van der Waals surface area contributed by atoms with Crippen LogP contribution in [0.25, 0.3) is 11.1 Å². The van der Waals surface area contributed by atoms with E-state index in [1.54, 1.807) is 72.5 Å². The fraction of sp³-hybridized carbons (Fsp3) is 0.436. The molecule has 4 spiro atoms. The smallest absolute Gasteiger partial charge is 0.456 e. The minimum Gasteiger partial charge on any atom is -0.496 e. The van der Waals surface area contributed by atoms with Gasteiger partial charge in [-0.25, -0.2) is 4.98 Å². The first-order valence-electron chi connectivity index (χ1n) is 44.9. The lowest BCUT2D eigenvalue weighted by Crippen LogP contribution is -2.56. The molecule has 1 aliphatic carbocycles. The topological polar surface area (TPSA) is 179 Å². The summed E-state index contributed by atoms with van der Waals surface area (Å²) in [6, 6.07) is 56.7. The molecule has 5 aromatic carbocycles. The number of aryl methyl sites for hydroxylation is 1. The molecule has 680 valence electrons. The van der Waals surface area contributed by atoms with Gasteiger partial charge < -0.3 is 47.3 Å². The molecular formula is C101H114ClF6N13O8. The van der Waals surface area contributed by atoms with Crippen LogP contribution in [-0.4, -0.2) is 218 Å². The number of piperidine rings is 4. The van der Waals surface area contributed by atoms with Gasteiger partial charge in [0.25, 0.3) is 29.4 Å². The molecule has 129 heavy (non-hydrogen) atoms. The van der Waals surface area contributed by atoms with Gasteiger partial charge in [0.05, 0.1) is 40.7 Å². The molecule has 9 aliphatic rings. The Hall–Kier alpha value is -11.1. The number of carbonyl (C=O) groups excluding carboxylic acids is 6. The summed E-state index contributed by atoms with van der Waals surface area (Å²) in [5.41, 5.74) is 10.9. The SMILES string of the molecule is CC(=O)c1ccc2n1CCN(C)C21CCN(C(=O)c2ccc(C3CC3)cc2)CC1.CN1CCn2c(C(F)(F)F)ccc2C12CCN(C(=O)c1cccnc1Oc1ccccc1)CC2.COc1cc(C(=O)N2CCC3(CC2)c2ccc(C(=O)C(F)(F)F)n2CCN3C)ccc1C(C)(C)C.Cc1cc(C(=O)N2CCC3(CC2)c2ccc(Cl)n2CCN3C)ccc1-c1ccccc1. The van der Waals surface area contributed by atoms with E-state index in [0.717, 1.165) is 111 Å². The van der Waals surface area contributed by atoms with Gasteiger partial charge >= 0.3 is 12.4 Å². The first kappa shape index (κ1) is 91.2. The molecular weight excluding hydrogens is 1670 g/mol. The quantitative estimate of drug-likeness (QED) is 0.0883. The van der Waals surface area contributed by atoms with Crippen LogP contribution < -0.4 is 9.47 Å². The average Bonchev–Trinajstić information content (AvgIpc) is 1.65. The molecule has 5 aromatic heterocycles. The monoisotopic (exact) mass is 1790 g/mol. The van der Waals surface area contributed by atoms with Crippen molar-refractivity contribution in [3.63, 3.8) is 0 Å². The highest BCUT2D eigenvalue weighted by atomic mass is 35.5. The van der Waals surface area contributed by atoms with E-state index in [2.05, 4.69) is 118 Å². The lowest BCUT2D eigenvalue weighted by atomic mass is 9.81. The summed E-state index contributed by atoms with van der Waals surface area (Å²) in [5, 5.41) is 0.815. The predicted molar refractivity (Wildman–Crippen MR) is 483 cm³/mol. The number of fused-ring (bicyclic) bond motifs is 8. The summed E-state index contributed by atoms with van der Waals surface area (Å²) in [5.74, 6) is 0.483. The van der Waals surface area contributed by atoms with Crippen LogP contribution in [0.2, 0.25) is 5.15 Å². The lowest BCUT2D eigenvalue weighted by Gasteiger charge is -2.50. The van der Waals surface area contributed by atoms with Crippen LogP contribution >= 0.6 is 11.6 Å². The second-order valence-electron chi connectivity index (χ2n) is 37.0. The number of hydrogen-bond donors (Lipinski definition) is 0. The van der Waals surface area contributed by atoms with Gasteiger partial charge in [0, 0.05) is 157 Å². The van der Waals surface area contributed by atoms with Gasteiger partial charge in [-0.05, 0) is 248 Å². The summed E-state index contributed by atoms with van der Waals surface area (Å²) >= 11 is 6.42. The molecule has 0 unspecified atom stereocenters. The Balaban J connectivity index is 0.000000126. The number of carbonyl (C=O) groups is 6. The number of likely N-dealkylation sites (tertiary alicyclic amines) is 4. The van der Waals surface area contributed by atoms with Gasteiger partial charge in [-0.2, -0.15) is 26.3 Å². The molecule has 21 nitrogen and oxygen atoms in total. The number of rotatable bonds is 11. The zero-order valence-corrected chi connectivity index (χ0v) is 75.8. The zero-order valence-electron chi connectivity index (χ0n) is 75.1. The standard InChI is InChI=1S/C26H28ClN3O.C26H32F3N3O3.C25H25F3N4O2.C24H29N3O2/c1-19-18-21(8-9-22(19)20-6-4-3-5-7-20)25(31)29-14-12-26(13-15-29)23-10-11-24(27)30(23)17-16-28(26)2;1-24(2,3)18-7-6-17(16-20(18)35-5)23(34)31-12-10-25(11-13-31)21-9-8-19(22(33)26(27,28)29)32(21)15-14-30(25)4;1-30-16-17-32-20(9-10-21(32)25(26,27)28)24(30)11-14-31(15-12-24)23(33)19-8-5-13-29-22(19)34-18-6-3-2-4-7-18;1-17(28)21-9-10-22-24(25(2)15-16-27(21)22)11-13-26(14-12-24)23(29)20-7-5-19(6-8-20)18-3-4-18/h3-11,18H,12-17H2,1-2H3;6-9,16H,10-15H2,1-5H3;2-10,13H,11-12,14-17H2,1H3;5-10,18H,3-4,11-16H2,1-2H3. The van der Waals surface area contributed by atoms with Gasteiger partial charge in [-0.3, -0.25) is 48.4 Å². The molecule has 5 fully saturated rings. The molecule has 10 aromatic rings. The van der Waals surface area contributed by atoms with Crippen LogP contribution in [0.5, 0.6) is 17.4 Å². The maximum absolute atomic E-state index is 13.5. The first-order valence-corrected chi connectivity index (χ1v) is 45.3. The molecule has 0 bridgehead atoms. The maximum Gasteiger partial charge on any atom is 0.456 e. The molecule has 4 amide bonds. The van der Waals surface area contributed by atoms with Gasteiger partial charge in [0.15, 0.2) is 5.78 Å². The largest absolute Gasteiger partial charge is 0.496 e. The Bertz CT molecular complexity index is 5800. The minimum atomic E-state index is -4.91. The van der Waals surface area contributed by atoms with Crippen molar-refractivity contribution in [2.45, 2.75) is 171 Å². The summed E-state index contributed by atoms with van der Waals surface area (Å²) in [4.78, 5) is 98.0. The number of pyridine rings is 1. The number of hydrogen-bond acceptors (Lipinski definition) is 13. The number of para-hydroxylation sites is 1. The second-order valence-corrected chi connectivity index (χ2v) is 37.4. The molecule has 4 saturated heterocycles. The van der Waals surface area contributed by atoms with E-state index in [-0.39, 0.29) is 57.5 Å². The Kier molecular flexibility index (Phi) is 25.7. The fourth-order valence-electron chi connectivity index (χ4n) is 21.3. The van der Waals surface area contributed by atoms with Crippen molar-refractivity contribution in [3.8, 4) is 28.5 Å². The van der Waals surface area contributed by atoms with Crippen LogP contribution in [0.15, 0.2) is 188 Å². The summed E-state index contributed by atoms with van der Waals surface area (Å²) in [7, 11) is 9.88. The van der Waals surface area contributed by atoms with Gasteiger partial charge in [-0.1, -0.05) is 105 Å². The maximum atomic E-state index is 13.5. The third-order valence-corrected chi connectivity index (χ3v) is 29.3. The Labute approximate surface area is 755 Å². The number of likely N-dealkylation sites (N-methyl/N-ethyl adjacent to an activating group) is 4. The number of nitrogens with zero attached hydrogens (tertiary/aromatic N) is 13. The molecule has 19 rings (SSSR count).